The summed E-state index contributed by atoms with van der Waals surface area (Å²) in [5.41, 5.74) is -2.27. The van der Waals surface area contributed by atoms with Gasteiger partial charge in [0.1, 0.15) is 0 Å². The van der Waals surface area contributed by atoms with Crippen molar-refractivity contribution in [2.75, 3.05) is 13.2 Å². The number of nitrogens with one attached hydrogen (secondary N) is 2. The molecule has 1 aromatic heterocycles. The predicted molar refractivity (Wildman–Crippen MR) is 65.8 cm³/mol. The lowest BCUT2D eigenvalue weighted by Crippen LogP contribution is -2.43. The first-order valence-electron chi connectivity index (χ1n) is 5.20. The Morgan fingerprint density at radius 2 is 1.82 bits per heavy atom. The Balaban J connectivity index is 2.51. The Kier molecular flexibility index (Phi) is 5.23. The summed E-state index contributed by atoms with van der Waals surface area (Å²) in [5.74, 6) is 0. The van der Waals surface area contributed by atoms with Gasteiger partial charge in [-0.15, -0.1) is 0 Å². The van der Waals surface area contributed by atoms with Crippen LogP contribution in [0, 0.1) is 0 Å². The fourth-order valence-corrected chi connectivity index (χ4v) is 1.27. The average molecular weight is 261 g/mol. The molecule has 1 aromatic rings. The first-order valence-corrected chi connectivity index (χ1v) is 5.71. The lowest BCUT2D eigenvalue weighted by molar-refractivity contribution is 0.122. The molecule has 7 nitrogen and oxygen atoms in total. The van der Waals surface area contributed by atoms with E-state index in [4.69, 9.17) is 4.74 Å². The van der Waals surface area contributed by atoms with Gasteiger partial charge < -0.3 is 4.74 Å². The van der Waals surface area contributed by atoms with Gasteiger partial charge in [0.15, 0.2) is 0 Å². The van der Waals surface area contributed by atoms with Crippen molar-refractivity contribution in [1.82, 2.24) is 14.5 Å². The van der Waals surface area contributed by atoms with Gasteiger partial charge in [0.25, 0.3) is 0 Å². The minimum atomic E-state index is -0.805. The molecular weight excluding hydrogens is 246 g/mol. The van der Waals surface area contributed by atoms with Crippen molar-refractivity contribution in [2.45, 2.75) is 25.1 Å². The monoisotopic (exact) mass is 261 g/mol. The molecule has 0 bridgehead atoms. The zero-order valence-electron chi connectivity index (χ0n) is 9.43. The standard InChI is InChI=1S/C9H15N3O4S/c1-6(17)2-4-16-5-3-12-8(14)10-7(13)11-9(12)15/h6,17H,2-5H2,1H3,(H2,10,11,13,14,15). The second-order valence-corrected chi connectivity index (χ2v) is 4.47. The Hall–Kier alpha value is -1.28. The normalized spacial score (nSPS) is 12.6. The number of hydrogen-bond donors (Lipinski definition) is 3. The number of ether oxygens (including phenoxy) is 1. The largest absolute Gasteiger partial charge is 0.380 e. The zero-order valence-corrected chi connectivity index (χ0v) is 10.3. The lowest BCUT2D eigenvalue weighted by Gasteiger charge is -2.06. The van der Waals surface area contributed by atoms with Gasteiger partial charge >= 0.3 is 17.1 Å². The van der Waals surface area contributed by atoms with Crippen LogP contribution in [0.3, 0.4) is 0 Å². The van der Waals surface area contributed by atoms with E-state index < -0.39 is 17.1 Å². The van der Waals surface area contributed by atoms with E-state index in [9.17, 15) is 14.4 Å². The number of nitrogens with zero attached hydrogens (tertiary/aromatic N) is 1. The third-order valence-corrected chi connectivity index (χ3v) is 2.33. The van der Waals surface area contributed by atoms with Crippen LogP contribution >= 0.6 is 12.6 Å². The number of thiol groups is 1. The van der Waals surface area contributed by atoms with Gasteiger partial charge in [-0.3, -0.25) is 9.97 Å². The topological polar surface area (TPSA) is 96.9 Å². The Labute approximate surface area is 102 Å². The van der Waals surface area contributed by atoms with Crippen molar-refractivity contribution in [3.63, 3.8) is 0 Å². The van der Waals surface area contributed by atoms with Crippen molar-refractivity contribution >= 4 is 12.6 Å². The molecule has 0 aromatic carbocycles. The maximum Gasteiger partial charge on any atom is 0.333 e. The van der Waals surface area contributed by atoms with E-state index in [2.05, 4.69) is 12.6 Å². The van der Waals surface area contributed by atoms with Crippen LogP contribution in [0.25, 0.3) is 0 Å². The van der Waals surface area contributed by atoms with E-state index >= 15 is 0 Å². The summed E-state index contributed by atoms with van der Waals surface area (Å²) in [6.45, 7) is 2.80. The van der Waals surface area contributed by atoms with Gasteiger partial charge in [0.2, 0.25) is 0 Å². The number of rotatable bonds is 6. The number of H-pyrrole nitrogens is 2. The smallest absolute Gasteiger partial charge is 0.333 e. The highest BCUT2D eigenvalue weighted by Gasteiger charge is 2.02. The van der Waals surface area contributed by atoms with E-state index in [-0.39, 0.29) is 18.4 Å². The molecule has 0 fully saturated rings. The highest BCUT2D eigenvalue weighted by molar-refractivity contribution is 7.80. The Morgan fingerprint density at radius 1 is 1.24 bits per heavy atom. The van der Waals surface area contributed by atoms with Crippen molar-refractivity contribution in [2.24, 2.45) is 0 Å². The molecule has 0 aliphatic rings. The van der Waals surface area contributed by atoms with Crippen LogP contribution in [0.1, 0.15) is 13.3 Å². The molecule has 0 aliphatic heterocycles. The minimum absolute atomic E-state index is 0.103. The zero-order chi connectivity index (χ0) is 12.8. The van der Waals surface area contributed by atoms with E-state index in [0.29, 0.717) is 6.61 Å². The van der Waals surface area contributed by atoms with Crippen molar-refractivity contribution < 1.29 is 4.74 Å². The van der Waals surface area contributed by atoms with Gasteiger partial charge in [-0.25, -0.2) is 19.0 Å². The Bertz CT molecular complexity index is 482. The first-order chi connectivity index (χ1) is 8.00. The molecule has 0 saturated heterocycles. The van der Waals surface area contributed by atoms with Crippen LogP contribution in [-0.4, -0.2) is 33.0 Å². The van der Waals surface area contributed by atoms with Gasteiger partial charge in [-0.2, -0.15) is 12.6 Å². The summed E-state index contributed by atoms with van der Waals surface area (Å²) in [4.78, 5) is 37.2. The van der Waals surface area contributed by atoms with E-state index in [1.807, 2.05) is 16.9 Å². The molecule has 17 heavy (non-hydrogen) atoms. The van der Waals surface area contributed by atoms with Crippen molar-refractivity contribution in [3.05, 3.63) is 31.5 Å². The maximum absolute atomic E-state index is 11.3. The summed E-state index contributed by atoms with van der Waals surface area (Å²) in [7, 11) is 0. The summed E-state index contributed by atoms with van der Waals surface area (Å²) in [6.07, 6.45) is 0.792. The molecule has 0 radical (unpaired) electrons. The minimum Gasteiger partial charge on any atom is -0.380 e. The van der Waals surface area contributed by atoms with Crippen molar-refractivity contribution in [1.29, 1.82) is 0 Å². The second kappa shape index (κ2) is 6.45. The number of hydrogen-bond acceptors (Lipinski definition) is 5. The summed E-state index contributed by atoms with van der Waals surface area (Å²) < 4.78 is 6.12. The molecule has 0 aliphatic carbocycles. The fraction of sp³-hybridized carbons (Fsp3) is 0.667. The third-order valence-electron chi connectivity index (χ3n) is 2.07. The number of aromatic nitrogens is 3. The molecule has 0 amide bonds. The number of aromatic amines is 2. The van der Waals surface area contributed by atoms with E-state index in [0.717, 1.165) is 11.0 Å². The van der Waals surface area contributed by atoms with Crippen LogP contribution in [0.5, 0.6) is 0 Å². The van der Waals surface area contributed by atoms with Crippen LogP contribution in [0.2, 0.25) is 0 Å². The van der Waals surface area contributed by atoms with Crippen LogP contribution in [0.15, 0.2) is 14.4 Å². The molecule has 1 rings (SSSR count). The van der Waals surface area contributed by atoms with Gasteiger partial charge in [0.05, 0.1) is 13.2 Å². The summed E-state index contributed by atoms with van der Waals surface area (Å²) in [6, 6.07) is 0. The quantitative estimate of drug-likeness (QED) is 0.449. The van der Waals surface area contributed by atoms with Gasteiger partial charge in [-0.1, -0.05) is 6.92 Å². The molecule has 1 heterocycles. The molecule has 0 spiro atoms. The Morgan fingerprint density at radius 3 is 2.35 bits per heavy atom. The summed E-state index contributed by atoms with van der Waals surface area (Å²) in [5, 5.41) is 0.245. The highest BCUT2D eigenvalue weighted by atomic mass is 32.1. The fourth-order valence-electron chi connectivity index (χ4n) is 1.17. The molecule has 96 valence electrons. The maximum atomic E-state index is 11.3. The van der Waals surface area contributed by atoms with Gasteiger partial charge in [-0.05, 0) is 6.42 Å². The van der Waals surface area contributed by atoms with E-state index in [1.165, 1.54) is 0 Å². The predicted octanol–water partition coefficient (Wildman–Crippen LogP) is -1.05. The SMILES string of the molecule is CC(S)CCOCCn1c(=O)[nH]c(=O)[nH]c1=O. The third kappa shape index (κ3) is 4.61. The molecule has 2 N–H and O–H groups in total. The molecule has 8 heteroatoms. The summed E-state index contributed by atoms with van der Waals surface area (Å²) >= 11 is 4.18. The molecule has 0 saturated carbocycles. The van der Waals surface area contributed by atoms with Gasteiger partial charge in [0, 0.05) is 11.9 Å². The highest BCUT2D eigenvalue weighted by Crippen LogP contribution is 1.98. The molecular formula is C9H15N3O4S. The second-order valence-electron chi connectivity index (χ2n) is 3.59. The van der Waals surface area contributed by atoms with Crippen LogP contribution in [0.4, 0.5) is 0 Å². The van der Waals surface area contributed by atoms with Crippen LogP contribution in [-0.2, 0) is 11.3 Å². The average Bonchev–Trinajstić information content (AvgIpc) is 2.20. The molecule has 1 unspecified atom stereocenters. The van der Waals surface area contributed by atoms with E-state index in [1.54, 1.807) is 0 Å². The van der Waals surface area contributed by atoms with Crippen molar-refractivity contribution in [3.8, 4) is 0 Å². The lowest BCUT2D eigenvalue weighted by atomic mass is 10.3. The molecule has 1 atom stereocenters. The first kappa shape index (κ1) is 13.8. The van der Waals surface area contributed by atoms with Crippen LogP contribution < -0.4 is 17.1 Å².